The molecule has 1 aromatic rings. The first-order chi connectivity index (χ1) is 13.0. The summed E-state index contributed by atoms with van der Waals surface area (Å²) in [5, 5.41) is 6.72. The predicted octanol–water partition coefficient (Wildman–Crippen LogP) is 3.39. The molecule has 0 spiro atoms. The minimum Gasteiger partial charge on any atom is -0.377 e. The van der Waals surface area contributed by atoms with Gasteiger partial charge in [-0.1, -0.05) is 12.1 Å². The lowest BCUT2D eigenvalue weighted by molar-refractivity contribution is 0.0548. The third-order valence-electron chi connectivity index (χ3n) is 4.97. The van der Waals surface area contributed by atoms with Crippen LogP contribution in [0.5, 0.6) is 0 Å². The molecular formula is C21H36FIN4O. The molecule has 1 aromatic carbocycles. The monoisotopic (exact) mass is 506 g/mol. The van der Waals surface area contributed by atoms with E-state index < -0.39 is 0 Å². The van der Waals surface area contributed by atoms with Crippen LogP contribution in [0.25, 0.3) is 0 Å². The third-order valence-corrected chi connectivity index (χ3v) is 4.97. The average Bonchev–Trinajstić information content (AvgIpc) is 3.43. The van der Waals surface area contributed by atoms with Gasteiger partial charge in [-0.2, -0.15) is 0 Å². The van der Waals surface area contributed by atoms with E-state index in [9.17, 15) is 4.39 Å². The van der Waals surface area contributed by atoms with Crippen LogP contribution in [-0.4, -0.2) is 63.8 Å². The summed E-state index contributed by atoms with van der Waals surface area (Å²) in [4.78, 5) is 6.95. The molecule has 7 heteroatoms. The van der Waals surface area contributed by atoms with Crippen LogP contribution in [0, 0.1) is 5.82 Å². The van der Waals surface area contributed by atoms with Gasteiger partial charge in [0, 0.05) is 31.7 Å². The first-order valence-electron chi connectivity index (χ1n) is 10.0. The summed E-state index contributed by atoms with van der Waals surface area (Å²) in [5.41, 5.74) is 1.05. The van der Waals surface area contributed by atoms with E-state index in [1.165, 1.54) is 6.07 Å². The molecule has 0 heterocycles. The molecule has 2 N–H and O–H groups in total. The summed E-state index contributed by atoms with van der Waals surface area (Å²) >= 11 is 0. The summed E-state index contributed by atoms with van der Waals surface area (Å²) in [6.45, 7) is 7.97. The van der Waals surface area contributed by atoms with Crippen molar-refractivity contribution >= 4 is 29.9 Å². The van der Waals surface area contributed by atoms with E-state index in [1.807, 2.05) is 13.0 Å². The molecule has 0 aromatic heterocycles. The minimum atomic E-state index is -0.173. The predicted molar refractivity (Wildman–Crippen MR) is 125 cm³/mol. The van der Waals surface area contributed by atoms with Gasteiger partial charge in [0.05, 0.1) is 12.6 Å². The molecule has 160 valence electrons. The fraction of sp³-hybridized carbons (Fsp3) is 0.667. The Balaban J connectivity index is 0.00000392. The van der Waals surface area contributed by atoms with Crippen molar-refractivity contribution in [1.82, 2.24) is 15.5 Å². The quantitative estimate of drug-likeness (QED) is 0.275. The van der Waals surface area contributed by atoms with Gasteiger partial charge < -0.3 is 20.3 Å². The molecule has 0 amide bonds. The highest BCUT2D eigenvalue weighted by Gasteiger charge is 2.44. The summed E-state index contributed by atoms with van der Waals surface area (Å²) in [6.07, 6.45) is 3.24. The molecule has 28 heavy (non-hydrogen) atoms. The Kier molecular flexibility index (Phi) is 11.3. The molecular weight excluding hydrogens is 470 g/mol. The SMILES string of the molecule is CCNC(=NCC1(c2cccc(F)c2)CC1)NCC(CCN(C)C)OCC.I. The highest BCUT2D eigenvalue weighted by Crippen LogP contribution is 2.48. The van der Waals surface area contributed by atoms with Gasteiger partial charge in [-0.3, -0.25) is 4.99 Å². The number of nitrogens with zero attached hydrogens (tertiary/aromatic N) is 2. The number of benzene rings is 1. The van der Waals surface area contributed by atoms with Crippen molar-refractivity contribution in [1.29, 1.82) is 0 Å². The second-order valence-corrected chi connectivity index (χ2v) is 7.54. The fourth-order valence-electron chi connectivity index (χ4n) is 3.17. The van der Waals surface area contributed by atoms with E-state index in [4.69, 9.17) is 9.73 Å². The highest BCUT2D eigenvalue weighted by atomic mass is 127. The zero-order valence-corrected chi connectivity index (χ0v) is 20.0. The van der Waals surface area contributed by atoms with Crippen molar-refractivity contribution < 1.29 is 9.13 Å². The van der Waals surface area contributed by atoms with Crippen LogP contribution < -0.4 is 10.6 Å². The molecule has 1 fully saturated rings. The summed E-state index contributed by atoms with van der Waals surface area (Å²) in [6, 6.07) is 6.94. The highest BCUT2D eigenvalue weighted by molar-refractivity contribution is 14.0. The Labute approximate surface area is 186 Å². The second kappa shape index (κ2) is 12.6. The van der Waals surface area contributed by atoms with Crippen LogP contribution in [0.2, 0.25) is 0 Å². The Morgan fingerprint density at radius 3 is 2.61 bits per heavy atom. The minimum absolute atomic E-state index is 0. The maximum absolute atomic E-state index is 13.6. The number of rotatable bonds is 11. The summed E-state index contributed by atoms with van der Waals surface area (Å²) in [7, 11) is 4.15. The lowest BCUT2D eigenvalue weighted by Crippen LogP contribution is -2.43. The lowest BCUT2D eigenvalue weighted by Gasteiger charge is -2.21. The van der Waals surface area contributed by atoms with Crippen LogP contribution >= 0.6 is 24.0 Å². The van der Waals surface area contributed by atoms with Crippen molar-refractivity contribution in [3.63, 3.8) is 0 Å². The second-order valence-electron chi connectivity index (χ2n) is 7.54. The van der Waals surface area contributed by atoms with Gasteiger partial charge in [0.1, 0.15) is 5.82 Å². The Hall–Kier alpha value is -0.930. The van der Waals surface area contributed by atoms with E-state index in [1.54, 1.807) is 12.1 Å². The number of hydrogen-bond donors (Lipinski definition) is 2. The van der Waals surface area contributed by atoms with Crippen LogP contribution in [0.1, 0.15) is 38.7 Å². The zero-order chi connectivity index (χ0) is 19.7. The number of hydrogen-bond acceptors (Lipinski definition) is 3. The van der Waals surface area contributed by atoms with Crippen molar-refractivity contribution in [3.8, 4) is 0 Å². The Bertz CT molecular complexity index is 608. The number of aliphatic imine (C=N–C) groups is 1. The number of guanidine groups is 1. The van der Waals surface area contributed by atoms with Gasteiger partial charge >= 0.3 is 0 Å². The summed E-state index contributed by atoms with van der Waals surface area (Å²) < 4.78 is 19.4. The first kappa shape index (κ1) is 25.1. The van der Waals surface area contributed by atoms with Crippen molar-refractivity contribution in [3.05, 3.63) is 35.6 Å². The third kappa shape index (κ3) is 8.21. The van der Waals surface area contributed by atoms with Gasteiger partial charge in [0.15, 0.2) is 5.96 Å². The van der Waals surface area contributed by atoms with Gasteiger partial charge in [-0.25, -0.2) is 4.39 Å². The molecule has 1 aliphatic carbocycles. The van der Waals surface area contributed by atoms with E-state index in [-0.39, 0.29) is 41.3 Å². The molecule has 1 atom stereocenters. The average molecular weight is 506 g/mol. The number of nitrogens with one attached hydrogen (secondary N) is 2. The standard InChI is InChI=1S/C21H35FN4O.HI/c1-5-23-20(24-15-19(27-6-2)10-13-26(3)4)25-16-21(11-12-21)17-8-7-9-18(22)14-17;/h7-9,14,19H,5-6,10-13,15-16H2,1-4H3,(H2,23,24,25);1H. The lowest BCUT2D eigenvalue weighted by atomic mass is 9.96. The van der Waals surface area contributed by atoms with Gasteiger partial charge in [-0.05, 0) is 64.9 Å². The number of ether oxygens (including phenoxy) is 1. The molecule has 1 unspecified atom stereocenters. The van der Waals surface area contributed by atoms with Crippen LogP contribution in [-0.2, 0) is 10.2 Å². The summed E-state index contributed by atoms with van der Waals surface area (Å²) in [5.74, 6) is 0.628. The molecule has 0 radical (unpaired) electrons. The zero-order valence-electron chi connectivity index (χ0n) is 17.6. The van der Waals surface area contributed by atoms with Crippen LogP contribution in [0.15, 0.2) is 29.3 Å². The largest absolute Gasteiger partial charge is 0.377 e. The molecule has 0 aliphatic heterocycles. The topological polar surface area (TPSA) is 48.9 Å². The van der Waals surface area contributed by atoms with Crippen LogP contribution in [0.4, 0.5) is 4.39 Å². The molecule has 1 aliphatic rings. The van der Waals surface area contributed by atoms with Gasteiger partial charge in [0.2, 0.25) is 0 Å². The van der Waals surface area contributed by atoms with E-state index in [2.05, 4.69) is 36.6 Å². The molecule has 0 saturated heterocycles. The Morgan fingerprint density at radius 2 is 2.04 bits per heavy atom. The Morgan fingerprint density at radius 1 is 1.29 bits per heavy atom. The van der Waals surface area contributed by atoms with Gasteiger partial charge in [0.25, 0.3) is 0 Å². The molecule has 1 saturated carbocycles. The molecule has 0 bridgehead atoms. The maximum Gasteiger partial charge on any atom is 0.191 e. The van der Waals surface area contributed by atoms with Crippen molar-refractivity contribution in [2.45, 2.75) is 44.6 Å². The normalized spacial score (nSPS) is 16.4. The fourth-order valence-corrected chi connectivity index (χ4v) is 3.17. The van der Waals surface area contributed by atoms with E-state index in [0.717, 1.165) is 50.4 Å². The van der Waals surface area contributed by atoms with Crippen molar-refractivity contribution in [2.75, 3.05) is 46.9 Å². The van der Waals surface area contributed by atoms with Gasteiger partial charge in [-0.15, -0.1) is 24.0 Å². The maximum atomic E-state index is 13.6. The molecule has 5 nitrogen and oxygen atoms in total. The molecule has 2 rings (SSSR count). The van der Waals surface area contributed by atoms with Crippen LogP contribution in [0.3, 0.4) is 0 Å². The smallest absolute Gasteiger partial charge is 0.191 e. The van der Waals surface area contributed by atoms with Crippen molar-refractivity contribution in [2.24, 2.45) is 4.99 Å². The first-order valence-corrected chi connectivity index (χ1v) is 10.0. The number of halogens is 2. The van der Waals surface area contributed by atoms with E-state index >= 15 is 0 Å². The van der Waals surface area contributed by atoms with E-state index in [0.29, 0.717) is 13.2 Å².